The summed E-state index contributed by atoms with van der Waals surface area (Å²) in [6, 6.07) is 1.76. The van der Waals surface area contributed by atoms with Crippen molar-refractivity contribution >= 4 is 6.09 Å². The Bertz CT molecular complexity index is 339. The van der Waals surface area contributed by atoms with Crippen molar-refractivity contribution in [2.45, 2.75) is 39.8 Å². The number of amides is 1. The van der Waals surface area contributed by atoms with Crippen molar-refractivity contribution in [3.05, 3.63) is 17.5 Å². The summed E-state index contributed by atoms with van der Waals surface area (Å²) in [5.74, 6) is 0.610. The second-order valence-corrected chi connectivity index (χ2v) is 4.29. The average Bonchev–Trinajstić information content (AvgIpc) is 2.45. The molecule has 0 fully saturated rings. The molecule has 0 aliphatic rings. The Hall–Kier alpha value is -1.52. The monoisotopic (exact) mass is 212 g/mol. The molecule has 0 atom stereocenters. The number of nitrogens with zero attached hydrogens (tertiary/aromatic N) is 1. The number of alkyl carbamates (subject to hydrolysis) is 1. The summed E-state index contributed by atoms with van der Waals surface area (Å²) in [6.07, 6.45) is -0.462. The lowest BCUT2D eigenvalue weighted by Gasteiger charge is -2.19. The largest absolute Gasteiger partial charge is 0.444 e. The highest BCUT2D eigenvalue weighted by molar-refractivity contribution is 5.67. The number of carbonyl (C=O) groups is 1. The molecule has 0 radical (unpaired) electrons. The number of rotatable bonds is 2. The lowest BCUT2D eigenvalue weighted by molar-refractivity contribution is 0.0519. The van der Waals surface area contributed by atoms with Gasteiger partial charge in [0, 0.05) is 6.07 Å². The van der Waals surface area contributed by atoms with E-state index in [1.165, 1.54) is 0 Å². The molecule has 0 aliphatic heterocycles. The number of aromatic nitrogens is 1. The minimum atomic E-state index is -0.485. The van der Waals surface area contributed by atoms with Crippen molar-refractivity contribution in [3.8, 4) is 0 Å². The molecule has 1 aromatic heterocycles. The van der Waals surface area contributed by atoms with Crippen LogP contribution in [0.4, 0.5) is 4.79 Å². The van der Waals surface area contributed by atoms with Gasteiger partial charge in [-0.2, -0.15) is 0 Å². The van der Waals surface area contributed by atoms with Crippen LogP contribution < -0.4 is 5.32 Å². The van der Waals surface area contributed by atoms with Gasteiger partial charge in [-0.3, -0.25) is 0 Å². The molecular weight excluding hydrogens is 196 g/mol. The summed E-state index contributed by atoms with van der Waals surface area (Å²) in [5.41, 5.74) is 0.303. The van der Waals surface area contributed by atoms with Crippen LogP contribution in [-0.2, 0) is 11.3 Å². The van der Waals surface area contributed by atoms with E-state index in [4.69, 9.17) is 9.26 Å². The fourth-order valence-electron chi connectivity index (χ4n) is 0.973. The molecule has 1 amide bonds. The van der Waals surface area contributed by atoms with Gasteiger partial charge in [-0.05, 0) is 27.7 Å². The van der Waals surface area contributed by atoms with Gasteiger partial charge in [0.1, 0.15) is 5.60 Å². The lowest BCUT2D eigenvalue weighted by atomic mass is 10.2. The van der Waals surface area contributed by atoms with Crippen LogP contribution in [0.2, 0.25) is 0 Å². The maximum Gasteiger partial charge on any atom is 0.408 e. The molecule has 1 N–H and O–H groups in total. The van der Waals surface area contributed by atoms with Gasteiger partial charge in [0.25, 0.3) is 0 Å². The zero-order chi connectivity index (χ0) is 11.5. The van der Waals surface area contributed by atoms with Crippen LogP contribution in [0.3, 0.4) is 0 Å². The fourth-order valence-corrected chi connectivity index (χ4v) is 0.973. The zero-order valence-electron chi connectivity index (χ0n) is 9.46. The van der Waals surface area contributed by atoms with Crippen molar-refractivity contribution in [2.24, 2.45) is 0 Å². The Morgan fingerprint density at radius 1 is 1.60 bits per heavy atom. The van der Waals surface area contributed by atoms with E-state index in [2.05, 4.69) is 10.5 Å². The molecule has 1 rings (SSSR count). The molecule has 0 spiro atoms. The molecule has 1 heterocycles. The molecule has 0 saturated carbocycles. The first-order valence-electron chi connectivity index (χ1n) is 4.76. The third-order valence-corrected chi connectivity index (χ3v) is 1.48. The molecule has 0 unspecified atom stereocenters. The van der Waals surface area contributed by atoms with E-state index in [1.54, 1.807) is 6.07 Å². The van der Waals surface area contributed by atoms with Gasteiger partial charge in [0.05, 0.1) is 12.2 Å². The maximum atomic E-state index is 11.2. The molecule has 15 heavy (non-hydrogen) atoms. The van der Waals surface area contributed by atoms with E-state index in [-0.39, 0.29) is 6.54 Å². The summed E-state index contributed by atoms with van der Waals surface area (Å²) in [4.78, 5) is 11.2. The number of aryl methyl sites for hydroxylation is 1. The van der Waals surface area contributed by atoms with E-state index in [9.17, 15) is 4.79 Å². The topological polar surface area (TPSA) is 64.4 Å². The summed E-state index contributed by atoms with van der Waals surface area (Å²) in [7, 11) is 0. The quantitative estimate of drug-likeness (QED) is 0.814. The predicted octanol–water partition coefficient (Wildman–Crippen LogP) is 2.01. The molecule has 0 saturated heterocycles. The van der Waals surface area contributed by atoms with Crippen LogP contribution in [0, 0.1) is 6.92 Å². The summed E-state index contributed by atoms with van der Waals surface area (Å²) >= 11 is 0. The number of hydrogen-bond donors (Lipinski definition) is 1. The van der Waals surface area contributed by atoms with Crippen molar-refractivity contribution in [1.29, 1.82) is 0 Å². The summed E-state index contributed by atoms with van der Waals surface area (Å²) in [5, 5.41) is 6.28. The number of nitrogens with one attached hydrogen (secondary N) is 1. The van der Waals surface area contributed by atoms with E-state index < -0.39 is 11.7 Å². The summed E-state index contributed by atoms with van der Waals surface area (Å²) < 4.78 is 9.98. The van der Waals surface area contributed by atoms with Crippen LogP contribution in [-0.4, -0.2) is 16.9 Å². The smallest absolute Gasteiger partial charge is 0.408 e. The van der Waals surface area contributed by atoms with Gasteiger partial charge < -0.3 is 14.6 Å². The van der Waals surface area contributed by atoms with Crippen molar-refractivity contribution < 1.29 is 14.1 Å². The first-order chi connectivity index (χ1) is 6.87. The summed E-state index contributed by atoms with van der Waals surface area (Å²) in [6.45, 7) is 7.54. The first-order valence-corrected chi connectivity index (χ1v) is 4.76. The average molecular weight is 212 g/mol. The van der Waals surface area contributed by atoms with Crippen molar-refractivity contribution in [2.75, 3.05) is 0 Å². The minimum Gasteiger partial charge on any atom is -0.444 e. The third kappa shape index (κ3) is 4.49. The Labute approximate surface area is 88.8 Å². The molecule has 1 aromatic rings. The van der Waals surface area contributed by atoms with Crippen LogP contribution in [0.25, 0.3) is 0 Å². The SMILES string of the molecule is Cc1cc(CNC(=O)OC(C)(C)C)on1. The first kappa shape index (κ1) is 11.6. The van der Waals surface area contributed by atoms with Gasteiger partial charge in [-0.1, -0.05) is 5.16 Å². The van der Waals surface area contributed by atoms with Gasteiger partial charge in [0.2, 0.25) is 0 Å². The highest BCUT2D eigenvalue weighted by Gasteiger charge is 2.16. The Morgan fingerprint density at radius 2 is 2.27 bits per heavy atom. The second-order valence-electron chi connectivity index (χ2n) is 4.29. The molecule has 84 valence electrons. The molecule has 5 heteroatoms. The van der Waals surface area contributed by atoms with Crippen molar-refractivity contribution in [1.82, 2.24) is 10.5 Å². The van der Waals surface area contributed by atoms with E-state index in [0.29, 0.717) is 5.76 Å². The van der Waals surface area contributed by atoms with Gasteiger partial charge >= 0.3 is 6.09 Å². The van der Waals surface area contributed by atoms with E-state index >= 15 is 0 Å². The predicted molar refractivity (Wildman–Crippen MR) is 54.3 cm³/mol. The van der Waals surface area contributed by atoms with E-state index in [1.807, 2.05) is 27.7 Å². The fraction of sp³-hybridized carbons (Fsp3) is 0.600. The van der Waals surface area contributed by atoms with Crippen molar-refractivity contribution in [3.63, 3.8) is 0 Å². The van der Waals surface area contributed by atoms with Gasteiger partial charge in [-0.15, -0.1) is 0 Å². The standard InChI is InChI=1S/C10H16N2O3/c1-7-5-8(15-12-7)6-11-9(13)14-10(2,3)4/h5H,6H2,1-4H3,(H,11,13). The molecule has 0 bridgehead atoms. The molecular formula is C10H16N2O3. The highest BCUT2D eigenvalue weighted by atomic mass is 16.6. The molecule has 5 nitrogen and oxygen atoms in total. The number of ether oxygens (including phenoxy) is 1. The van der Waals surface area contributed by atoms with Gasteiger partial charge in [0.15, 0.2) is 5.76 Å². The Kier molecular flexibility index (Phi) is 3.34. The minimum absolute atomic E-state index is 0.287. The second kappa shape index (κ2) is 4.33. The normalized spacial score (nSPS) is 11.2. The maximum absolute atomic E-state index is 11.2. The number of hydrogen-bond acceptors (Lipinski definition) is 4. The van der Waals surface area contributed by atoms with Crippen LogP contribution in [0.1, 0.15) is 32.2 Å². The Balaban J connectivity index is 2.35. The third-order valence-electron chi connectivity index (χ3n) is 1.48. The highest BCUT2D eigenvalue weighted by Crippen LogP contribution is 2.07. The Morgan fingerprint density at radius 3 is 2.73 bits per heavy atom. The van der Waals surface area contributed by atoms with Crippen LogP contribution in [0.15, 0.2) is 10.6 Å². The lowest BCUT2D eigenvalue weighted by Crippen LogP contribution is -2.32. The van der Waals surface area contributed by atoms with Crippen LogP contribution >= 0.6 is 0 Å². The number of carbonyl (C=O) groups excluding carboxylic acids is 1. The van der Waals surface area contributed by atoms with E-state index in [0.717, 1.165) is 5.69 Å². The molecule has 0 aliphatic carbocycles. The van der Waals surface area contributed by atoms with Crippen LogP contribution in [0.5, 0.6) is 0 Å². The zero-order valence-corrected chi connectivity index (χ0v) is 9.46. The molecule has 0 aromatic carbocycles. The van der Waals surface area contributed by atoms with Gasteiger partial charge in [-0.25, -0.2) is 4.79 Å².